The second-order valence-electron chi connectivity index (χ2n) is 4.83. The van der Waals surface area contributed by atoms with Crippen LogP contribution in [0.1, 0.15) is 10.6 Å². The van der Waals surface area contributed by atoms with Crippen LogP contribution in [0, 0.1) is 17.0 Å². The Morgan fingerprint density at radius 1 is 1.26 bits per heavy atom. The standard InChI is InChI=1S/C15H13N5O2S/c1-10-7-13(16-8-12(10)20(21)22)17-9-14-18-19-15(23-14)11-5-3-2-4-6-11/h2-8H,9H2,1H3,(H,16,17). The van der Waals surface area contributed by atoms with Gasteiger partial charge in [0.05, 0.1) is 11.5 Å². The van der Waals surface area contributed by atoms with Crippen LogP contribution in [0.5, 0.6) is 0 Å². The van der Waals surface area contributed by atoms with Gasteiger partial charge in [-0.15, -0.1) is 10.2 Å². The molecule has 0 aliphatic rings. The molecule has 23 heavy (non-hydrogen) atoms. The van der Waals surface area contributed by atoms with Crippen molar-refractivity contribution in [3.63, 3.8) is 0 Å². The average Bonchev–Trinajstić information content (AvgIpc) is 3.02. The molecule has 2 heterocycles. The number of hydrogen-bond donors (Lipinski definition) is 1. The first-order chi connectivity index (χ1) is 11.1. The normalized spacial score (nSPS) is 10.5. The fraction of sp³-hybridized carbons (Fsp3) is 0.133. The zero-order chi connectivity index (χ0) is 16.2. The van der Waals surface area contributed by atoms with E-state index in [4.69, 9.17) is 0 Å². The average molecular weight is 327 g/mol. The molecule has 0 fully saturated rings. The van der Waals surface area contributed by atoms with Gasteiger partial charge in [0.1, 0.15) is 22.0 Å². The molecule has 116 valence electrons. The summed E-state index contributed by atoms with van der Waals surface area (Å²) in [6, 6.07) is 11.5. The minimum absolute atomic E-state index is 0.0119. The maximum absolute atomic E-state index is 10.8. The summed E-state index contributed by atoms with van der Waals surface area (Å²) in [5.74, 6) is 0.574. The molecule has 0 bridgehead atoms. The van der Waals surface area contributed by atoms with Crippen molar-refractivity contribution in [1.29, 1.82) is 0 Å². The van der Waals surface area contributed by atoms with E-state index in [1.54, 1.807) is 13.0 Å². The summed E-state index contributed by atoms with van der Waals surface area (Å²) in [6.45, 7) is 2.15. The lowest BCUT2D eigenvalue weighted by Gasteiger charge is -2.04. The molecule has 0 saturated heterocycles. The molecule has 2 aromatic heterocycles. The van der Waals surface area contributed by atoms with Gasteiger partial charge in [-0.2, -0.15) is 0 Å². The third kappa shape index (κ3) is 3.49. The van der Waals surface area contributed by atoms with Gasteiger partial charge in [0, 0.05) is 11.1 Å². The summed E-state index contributed by atoms with van der Waals surface area (Å²) in [5, 5.41) is 23.9. The molecule has 3 rings (SSSR count). The van der Waals surface area contributed by atoms with Crippen molar-refractivity contribution >= 4 is 22.8 Å². The van der Waals surface area contributed by atoms with Gasteiger partial charge in [-0.05, 0) is 13.0 Å². The quantitative estimate of drug-likeness (QED) is 0.570. The van der Waals surface area contributed by atoms with Gasteiger partial charge in [-0.1, -0.05) is 41.7 Å². The number of anilines is 1. The highest BCUT2D eigenvalue weighted by Gasteiger charge is 2.12. The number of benzene rings is 1. The monoisotopic (exact) mass is 327 g/mol. The van der Waals surface area contributed by atoms with E-state index in [-0.39, 0.29) is 5.69 Å². The third-order valence-corrected chi connectivity index (χ3v) is 4.16. The fourth-order valence-corrected chi connectivity index (χ4v) is 2.81. The van der Waals surface area contributed by atoms with Gasteiger partial charge >= 0.3 is 0 Å². The Labute approximate surface area is 136 Å². The molecular weight excluding hydrogens is 314 g/mol. The zero-order valence-corrected chi connectivity index (χ0v) is 13.1. The van der Waals surface area contributed by atoms with E-state index in [0.717, 1.165) is 15.6 Å². The molecular formula is C15H13N5O2S. The first-order valence-corrected chi connectivity index (χ1v) is 7.68. The lowest BCUT2D eigenvalue weighted by molar-refractivity contribution is -0.385. The molecule has 0 unspecified atom stereocenters. The van der Waals surface area contributed by atoms with Crippen molar-refractivity contribution in [2.24, 2.45) is 0 Å². The second-order valence-corrected chi connectivity index (χ2v) is 5.90. The molecule has 0 atom stereocenters. The van der Waals surface area contributed by atoms with Crippen molar-refractivity contribution < 1.29 is 4.92 Å². The predicted molar refractivity (Wildman–Crippen MR) is 88.3 cm³/mol. The summed E-state index contributed by atoms with van der Waals surface area (Å²) < 4.78 is 0. The lowest BCUT2D eigenvalue weighted by atomic mass is 10.2. The first kappa shape index (κ1) is 15.0. The highest BCUT2D eigenvalue weighted by molar-refractivity contribution is 7.14. The minimum Gasteiger partial charge on any atom is -0.363 e. The SMILES string of the molecule is Cc1cc(NCc2nnc(-c3ccccc3)s2)ncc1[N+](=O)[O-]. The lowest BCUT2D eigenvalue weighted by Crippen LogP contribution is -2.02. The van der Waals surface area contributed by atoms with E-state index >= 15 is 0 Å². The predicted octanol–water partition coefficient (Wildman–Crippen LogP) is 3.43. The number of rotatable bonds is 5. The van der Waals surface area contributed by atoms with Crippen molar-refractivity contribution in [3.05, 3.63) is 63.3 Å². The van der Waals surface area contributed by atoms with Crippen LogP contribution in [-0.4, -0.2) is 20.1 Å². The van der Waals surface area contributed by atoms with Gasteiger partial charge < -0.3 is 5.32 Å². The van der Waals surface area contributed by atoms with Crippen LogP contribution < -0.4 is 5.32 Å². The summed E-state index contributed by atoms with van der Waals surface area (Å²) in [6.07, 6.45) is 1.26. The molecule has 1 aromatic carbocycles. The number of hydrogen-bond acceptors (Lipinski definition) is 7. The van der Waals surface area contributed by atoms with Crippen LogP contribution in [0.15, 0.2) is 42.6 Å². The minimum atomic E-state index is -0.441. The number of pyridine rings is 1. The third-order valence-electron chi connectivity index (χ3n) is 3.19. The van der Waals surface area contributed by atoms with Crippen LogP contribution in [0.2, 0.25) is 0 Å². The van der Waals surface area contributed by atoms with Crippen molar-refractivity contribution in [2.45, 2.75) is 13.5 Å². The Balaban J connectivity index is 1.68. The molecule has 0 aliphatic carbocycles. The number of nitrogens with one attached hydrogen (secondary N) is 1. The van der Waals surface area contributed by atoms with E-state index in [0.29, 0.717) is 17.9 Å². The Morgan fingerprint density at radius 3 is 2.74 bits per heavy atom. The number of aryl methyl sites for hydroxylation is 1. The number of nitro groups is 1. The van der Waals surface area contributed by atoms with Gasteiger partial charge in [-0.25, -0.2) is 4.98 Å². The summed E-state index contributed by atoms with van der Waals surface area (Å²) >= 11 is 1.50. The largest absolute Gasteiger partial charge is 0.363 e. The first-order valence-electron chi connectivity index (χ1n) is 6.86. The molecule has 7 nitrogen and oxygen atoms in total. The van der Waals surface area contributed by atoms with Crippen molar-refractivity contribution in [1.82, 2.24) is 15.2 Å². The van der Waals surface area contributed by atoms with E-state index in [1.165, 1.54) is 17.5 Å². The highest BCUT2D eigenvalue weighted by atomic mass is 32.1. The molecule has 0 radical (unpaired) electrons. The molecule has 0 spiro atoms. The Kier molecular flexibility index (Phi) is 4.24. The van der Waals surface area contributed by atoms with Crippen molar-refractivity contribution in [3.8, 4) is 10.6 Å². The molecule has 0 aliphatic heterocycles. The van der Waals surface area contributed by atoms with Crippen LogP contribution in [-0.2, 0) is 6.54 Å². The zero-order valence-electron chi connectivity index (χ0n) is 12.3. The van der Waals surface area contributed by atoms with Crippen LogP contribution >= 0.6 is 11.3 Å². The Morgan fingerprint density at radius 2 is 2.04 bits per heavy atom. The number of nitrogens with zero attached hydrogens (tertiary/aromatic N) is 4. The van der Waals surface area contributed by atoms with E-state index < -0.39 is 4.92 Å². The highest BCUT2D eigenvalue weighted by Crippen LogP contribution is 2.24. The van der Waals surface area contributed by atoms with Crippen LogP contribution in [0.25, 0.3) is 10.6 Å². The van der Waals surface area contributed by atoms with Crippen molar-refractivity contribution in [2.75, 3.05) is 5.32 Å². The van der Waals surface area contributed by atoms with Gasteiger partial charge in [-0.3, -0.25) is 10.1 Å². The smallest absolute Gasteiger partial charge is 0.290 e. The fourth-order valence-electron chi connectivity index (χ4n) is 2.03. The van der Waals surface area contributed by atoms with Crippen LogP contribution in [0.3, 0.4) is 0 Å². The topological polar surface area (TPSA) is 93.8 Å². The van der Waals surface area contributed by atoms with Crippen LogP contribution in [0.4, 0.5) is 11.5 Å². The Hall–Kier alpha value is -2.87. The van der Waals surface area contributed by atoms with Gasteiger partial charge in [0.25, 0.3) is 5.69 Å². The van der Waals surface area contributed by atoms with Gasteiger partial charge in [0.15, 0.2) is 0 Å². The number of aromatic nitrogens is 3. The molecule has 8 heteroatoms. The molecule has 0 saturated carbocycles. The van der Waals surface area contributed by atoms with E-state index in [2.05, 4.69) is 20.5 Å². The summed E-state index contributed by atoms with van der Waals surface area (Å²) in [7, 11) is 0. The Bertz CT molecular complexity index is 835. The molecule has 0 amide bonds. The van der Waals surface area contributed by atoms with E-state index in [9.17, 15) is 10.1 Å². The van der Waals surface area contributed by atoms with Gasteiger partial charge in [0.2, 0.25) is 0 Å². The maximum atomic E-state index is 10.8. The van der Waals surface area contributed by atoms with E-state index in [1.807, 2.05) is 30.3 Å². The maximum Gasteiger partial charge on any atom is 0.290 e. The molecule has 1 N–H and O–H groups in total. The second kappa shape index (κ2) is 6.49. The molecule has 3 aromatic rings. The summed E-state index contributed by atoms with van der Waals surface area (Å²) in [4.78, 5) is 14.4. The summed E-state index contributed by atoms with van der Waals surface area (Å²) in [5.41, 5.74) is 1.60.